The molecule has 1 aliphatic heterocycles. The number of benzene rings is 3. The molecule has 1 N–H and O–H groups in total. The molecule has 4 aromatic rings. The van der Waals surface area contributed by atoms with E-state index in [4.69, 9.17) is 9.72 Å². The Morgan fingerprint density at radius 3 is 2.42 bits per heavy atom. The zero-order chi connectivity index (χ0) is 22.5. The number of pyridine rings is 1. The number of rotatable bonds is 5. The first kappa shape index (κ1) is 21.0. The molecule has 0 spiro atoms. The van der Waals surface area contributed by atoms with Crippen molar-refractivity contribution < 1.29 is 9.53 Å². The molecule has 0 radical (unpaired) electrons. The van der Waals surface area contributed by atoms with Gasteiger partial charge in [-0.3, -0.25) is 9.88 Å². The summed E-state index contributed by atoms with van der Waals surface area (Å²) < 4.78 is 5.87. The number of piperazine rings is 1. The highest BCUT2D eigenvalue weighted by Crippen LogP contribution is 2.24. The average molecular weight is 439 g/mol. The summed E-state index contributed by atoms with van der Waals surface area (Å²) in [5.41, 5.74) is 2.80. The Hall–Kier alpha value is -3.90. The number of carbonyl (C=O) groups excluding carboxylic acids is 1. The topological polar surface area (TPSA) is 57.7 Å². The van der Waals surface area contributed by atoms with Crippen LogP contribution in [-0.4, -0.2) is 47.0 Å². The van der Waals surface area contributed by atoms with Crippen molar-refractivity contribution in [3.8, 4) is 11.5 Å². The summed E-state index contributed by atoms with van der Waals surface area (Å²) in [5, 5.41) is 4.15. The molecule has 0 bridgehead atoms. The quantitative estimate of drug-likeness (QED) is 0.455. The fourth-order valence-corrected chi connectivity index (χ4v) is 4.00. The summed E-state index contributed by atoms with van der Waals surface area (Å²) in [4.78, 5) is 21.8. The maximum atomic E-state index is 12.8. The minimum absolute atomic E-state index is 0.0876. The van der Waals surface area contributed by atoms with Crippen LogP contribution in [0.5, 0.6) is 11.5 Å². The molecule has 33 heavy (non-hydrogen) atoms. The number of urea groups is 1. The molecule has 0 unspecified atom stereocenters. The van der Waals surface area contributed by atoms with Crippen molar-refractivity contribution in [1.29, 1.82) is 0 Å². The lowest BCUT2D eigenvalue weighted by Gasteiger charge is -2.34. The van der Waals surface area contributed by atoms with E-state index in [9.17, 15) is 4.79 Å². The second kappa shape index (κ2) is 9.71. The third-order valence-corrected chi connectivity index (χ3v) is 5.77. The highest BCUT2D eigenvalue weighted by molar-refractivity contribution is 5.89. The zero-order valence-electron chi connectivity index (χ0n) is 18.4. The van der Waals surface area contributed by atoms with Gasteiger partial charge in [-0.15, -0.1) is 0 Å². The predicted octanol–water partition coefficient (Wildman–Crippen LogP) is 5.38. The summed E-state index contributed by atoms with van der Waals surface area (Å²) in [5.74, 6) is 1.45. The lowest BCUT2D eigenvalue weighted by Crippen LogP contribution is -2.49. The summed E-state index contributed by atoms with van der Waals surface area (Å²) in [6.45, 7) is 3.79. The summed E-state index contributed by atoms with van der Waals surface area (Å²) in [6, 6.07) is 29.4. The van der Waals surface area contributed by atoms with E-state index in [1.54, 1.807) is 0 Å². The highest BCUT2D eigenvalue weighted by atomic mass is 16.5. The van der Waals surface area contributed by atoms with Crippen LogP contribution in [0, 0.1) is 0 Å². The monoisotopic (exact) mass is 438 g/mol. The SMILES string of the molecule is O=C(Nc1cccc(Oc2ccccc2)c1)N1CCN(Cc2ccc3ccccc3n2)CC1. The Morgan fingerprint density at radius 1 is 0.818 bits per heavy atom. The third kappa shape index (κ3) is 5.30. The molecule has 1 saturated heterocycles. The normalized spacial score (nSPS) is 14.2. The van der Waals surface area contributed by atoms with Gasteiger partial charge in [0.2, 0.25) is 0 Å². The van der Waals surface area contributed by atoms with Gasteiger partial charge >= 0.3 is 6.03 Å². The van der Waals surface area contributed by atoms with Gasteiger partial charge in [0, 0.05) is 49.9 Å². The van der Waals surface area contributed by atoms with Crippen LogP contribution in [-0.2, 0) is 6.54 Å². The first-order valence-electron chi connectivity index (χ1n) is 11.2. The van der Waals surface area contributed by atoms with Gasteiger partial charge in [0.25, 0.3) is 0 Å². The van der Waals surface area contributed by atoms with Crippen molar-refractivity contribution in [3.05, 3.63) is 96.7 Å². The molecule has 0 atom stereocenters. The maximum absolute atomic E-state index is 12.8. The molecular weight excluding hydrogens is 412 g/mol. The van der Waals surface area contributed by atoms with Crippen LogP contribution in [0.15, 0.2) is 91.0 Å². The highest BCUT2D eigenvalue weighted by Gasteiger charge is 2.21. The molecule has 166 valence electrons. The molecule has 6 heteroatoms. The Balaban J connectivity index is 1.14. The van der Waals surface area contributed by atoms with Crippen molar-refractivity contribution in [2.24, 2.45) is 0 Å². The number of para-hydroxylation sites is 2. The number of fused-ring (bicyclic) bond motifs is 1. The predicted molar refractivity (Wildman–Crippen MR) is 131 cm³/mol. The summed E-state index contributed by atoms with van der Waals surface area (Å²) in [6.07, 6.45) is 0. The Bertz CT molecular complexity index is 1240. The molecular formula is C27H26N4O2. The molecule has 3 aromatic carbocycles. The van der Waals surface area contributed by atoms with E-state index in [-0.39, 0.29) is 6.03 Å². The molecule has 2 heterocycles. The van der Waals surface area contributed by atoms with Crippen LogP contribution in [0.2, 0.25) is 0 Å². The number of nitrogens with one attached hydrogen (secondary N) is 1. The average Bonchev–Trinajstić information content (AvgIpc) is 2.85. The van der Waals surface area contributed by atoms with E-state index < -0.39 is 0 Å². The second-order valence-electron chi connectivity index (χ2n) is 8.13. The molecule has 6 nitrogen and oxygen atoms in total. The Labute approximate surface area is 193 Å². The molecule has 5 rings (SSSR count). The fraction of sp³-hybridized carbons (Fsp3) is 0.185. The van der Waals surface area contributed by atoms with Gasteiger partial charge in [-0.25, -0.2) is 4.79 Å². The van der Waals surface area contributed by atoms with E-state index in [0.29, 0.717) is 18.8 Å². The van der Waals surface area contributed by atoms with E-state index in [2.05, 4.69) is 28.4 Å². The minimum atomic E-state index is -0.0876. The molecule has 1 aliphatic rings. The number of hydrogen-bond acceptors (Lipinski definition) is 4. The van der Waals surface area contributed by atoms with E-state index in [0.717, 1.165) is 47.7 Å². The van der Waals surface area contributed by atoms with Crippen LogP contribution < -0.4 is 10.1 Å². The Kier molecular flexibility index (Phi) is 6.17. The smallest absolute Gasteiger partial charge is 0.321 e. The van der Waals surface area contributed by atoms with Crippen LogP contribution >= 0.6 is 0 Å². The van der Waals surface area contributed by atoms with Gasteiger partial charge in [-0.05, 0) is 36.4 Å². The van der Waals surface area contributed by atoms with Gasteiger partial charge in [-0.1, -0.05) is 48.5 Å². The minimum Gasteiger partial charge on any atom is -0.457 e. The maximum Gasteiger partial charge on any atom is 0.321 e. The molecule has 1 fully saturated rings. The van der Waals surface area contributed by atoms with Crippen molar-refractivity contribution in [1.82, 2.24) is 14.8 Å². The van der Waals surface area contributed by atoms with E-state index in [1.807, 2.05) is 77.7 Å². The lowest BCUT2D eigenvalue weighted by molar-refractivity contribution is 0.142. The fourth-order valence-electron chi connectivity index (χ4n) is 4.00. The number of anilines is 1. The zero-order valence-corrected chi connectivity index (χ0v) is 18.4. The van der Waals surface area contributed by atoms with Crippen molar-refractivity contribution in [3.63, 3.8) is 0 Å². The van der Waals surface area contributed by atoms with Crippen LogP contribution in [0.3, 0.4) is 0 Å². The number of aromatic nitrogens is 1. The number of ether oxygens (including phenoxy) is 1. The van der Waals surface area contributed by atoms with Gasteiger partial charge in [0.1, 0.15) is 11.5 Å². The molecule has 2 amide bonds. The van der Waals surface area contributed by atoms with Crippen molar-refractivity contribution in [2.75, 3.05) is 31.5 Å². The van der Waals surface area contributed by atoms with Crippen LogP contribution in [0.25, 0.3) is 10.9 Å². The van der Waals surface area contributed by atoms with Crippen LogP contribution in [0.1, 0.15) is 5.69 Å². The van der Waals surface area contributed by atoms with Crippen molar-refractivity contribution in [2.45, 2.75) is 6.54 Å². The van der Waals surface area contributed by atoms with Gasteiger partial charge in [-0.2, -0.15) is 0 Å². The molecule has 0 saturated carbocycles. The number of hydrogen-bond donors (Lipinski definition) is 1. The lowest BCUT2D eigenvalue weighted by atomic mass is 10.2. The Morgan fingerprint density at radius 2 is 1.58 bits per heavy atom. The van der Waals surface area contributed by atoms with E-state index >= 15 is 0 Å². The van der Waals surface area contributed by atoms with Crippen LogP contribution in [0.4, 0.5) is 10.5 Å². The van der Waals surface area contributed by atoms with Gasteiger partial charge in [0.05, 0.1) is 11.2 Å². The van der Waals surface area contributed by atoms with E-state index in [1.165, 1.54) is 0 Å². The number of carbonyl (C=O) groups is 1. The number of amides is 2. The third-order valence-electron chi connectivity index (χ3n) is 5.77. The molecule has 0 aliphatic carbocycles. The molecule has 1 aromatic heterocycles. The number of nitrogens with zero attached hydrogens (tertiary/aromatic N) is 3. The second-order valence-corrected chi connectivity index (χ2v) is 8.13. The van der Waals surface area contributed by atoms with Crippen molar-refractivity contribution >= 4 is 22.6 Å². The van der Waals surface area contributed by atoms with Gasteiger partial charge < -0.3 is 15.0 Å². The summed E-state index contributed by atoms with van der Waals surface area (Å²) in [7, 11) is 0. The first-order chi connectivity index (χ1) is 16.2. The standard InChI is InChI=1S/C27H26N4O2/c32-27(29-22-8-6-11-25(19-22)33-24-9-2-1-3-10-24)31-17-15-30(16-18-31)20-23-14-13-21-7-4-5-12-26(21)28-23/h1-14,19H,15-18,20H2,(H,29,32). The van der Waals surface area contributed by atoms with Gasteiger partial charge in [0.15, 0.2) is 0 Å². The summed E-state index contributed by atoms with van der Waals surface area (Å²) >= 11 is 0. The largest absolute Gasteiger partial charge is 0.457 e. The first-order valence-corrected chi connectivity index (χ1v) is 11.2.